The Morgan fingerprint density at radius 2 is 2.06 bits per heavy atom. The minimum atomic E-state index is -0.775. The van der Waals surface area contributed by atoms with Crippen LogP contribution in [-0.2, 0) is 29.0 Å². The zero-order valence-corrected chi connectivity index (χ0v) is 20.0. The molecule has 1 aliphatic carbocycles. The molecule has 9 heteroatoms. The van der Waals surface area contributed by atoms with Gasteiger partial charge in [0.25, 0.3) is 11.5 Å². The van der Waals surface area contributed by atoms with Crippen LogP contribution in [0, 0.1) is 0 Å². The van der Waals surface area contributed by atoms with Gasteiger partial charge < -0.3 is 15.0 Å². The fraction of sp³-hybridized carbons (Fsp3) is 0.440. The number of aryl methyl sites for hydroxylation is 3. The molecule has 0 fully saturated rings. The number of hydrogen-bond acceptors (Lipinski definition) is 6. The van der Waals surface area contributed by atoms with E-state index >= 15 is 0 Å². The molecule has 0 saturated heterocycles. The van der Waals surface area contributed by atoms with Gasteiger partial charge in [-0.05, 0) is 49.8 Å². The van der Waals surface area contributed by atoms with Crippen LogP contribution in [0.3, 0.4) is 0 Å². The number of rotatable bonds is 6. The van der Waals surface area contributed by atoms with E-state index in [1.54, 1.807) is 33.2 Å². The molecular formula is C25H28N4O4S. The highest BCUT2D eigenvalue weighted by Gasteiger charge is 2.33. The van der Waals surface area contributed by atoms with E-state index in [4.69, 9.17) is 4.74 Å². The molecule has 0 radical (unpaired) electrons. The first-order valence-corrected chi connectivity index (χ1v) is 12.7. The van der Waals surface area contributed by atoms with Gasteiger partial charge in [0, 0.05) is 24.4 Å². The van der Waals surface area contributed by atoms with Crippen LogP contribution >= 0.6 is 11.3 Å². The predicted molar refractivity (Wildman–Crippen MR) is 132 cm³/mol. The molecule has 3 heterocycles. The quantitative estimate of drug-likeness (QED) is 0.585. The summed E-state index contributed by atoms with van der Waals surface area (Å²) in [6.45, 7) is 2.90. The number of para-hydroxylation sites is 2. The predicted octanol–water partition coefficient (Wildman–Crippen LogP) is 3.05. The number of ether oxygens (including phenoxy) is 1. The van der Waals surface area contributed by atoms with Crippen molar-refractivity contribution in [2.24, 2.45) is 0 Å². The van der Waals surface area contributed by atoms with Crippen molar-refractivity contribution in [1.82, 2.24) is 14.9 Å². The van der Waals surface area contributed by atoms with Gasteiger partial charge in [-0.25, -0.2) is 4.98 Å². The number of aromatic nitrogens is 2. The van der Waals surface area contributed by atoms with Crippen molar-refractivity contribution in [3.63, 3.8) is 0 Å². The minimum Gasteiger partial charge on any atom is -0.477 e. The van der Waals surface area contributed by atoms with Crippen molar-refractivity contribution in [2.45, 2.75) is 58.1 Å². The van der Waals surface area contributed by atoms with Gasteiger partial charge in [0.1, 0.15) is 10.6 Å². The number of carbonyl (C=O) groups is 2. The fourth-order valence-electron chi connectivity index (χ4n) is 4.66. The smallest absolute Gasteiger partial charge is 0.262 e. The second-order valence-corrected chi connectivity index (χ2v) is 9.84. The molecular weight excluding hydrogens is 452 g/mol. The number of hydrogen-bond donors (Lipinski definition) is 1. The van der Waals surface area contributed by atoms with Crippen LogP contribution in [0.5, 0.6) is 5.75 Å². The van der Waals surface area contributed by atoms with E-state index in [0.717, 1.165) is 47.9 Å². The maximum absolute atomic E-state index is 13.3. The summed E-state index contributed by atoms with van der Waals surface area (Å²) in [6, 6.07) is 7.22. The Labute approximate surface area is 201 Å². The van der Waals surface area contributed by atoms with E-state index in [2.05, 4.69) is 10.3 Å². The van der Waals surface area contributed by atoms with Gasteiger partial charge in [0.15, 0.2) is 6.10 Å². The highest BCUT2D eigenvalue weighted by molar-refractivity contribution is 7.18. The van der Waals surface area contributed by atoms with Crippen LogP contribution in [0.2, 0.25) is 0 Å². The van der Waals surface area contributed by atoms with E-state index in [0.29, 0.717) is 18.0 Å². The Morgan fingerprint density at radius 1 is 1.24 bits per heavy atom. The second-order valence-electron chi connectivity index (χ2n) is 8.75. The first kappa shape index (κ1) is 22.6. The molecule has 1 N–H and O–H groups in total. The lowest BCUT2D eigenvalue weighted by Crippen LogP contribution is -2.51. The van der Waals surface area contributed by atoms with Crippen molar-refractivity contribution in [2.75, 3.05) is 18.0 Å². The fourth-order valence-corrected chi connectivity index (χ4v) is 5.88. The number of nitrogens with one attached hydrogen (secondary N) is 1. The zero-order chi connectivity index (χ0) is 23.7. The van der Waals surface area contributed by atoms with Gasteiger partial charge in [0.05, 0.1) is 23.9 Å². The Hall–Kier alpha value is -3.20. The molecule has 3 aromatic rings. The van der Waals surface area contributed by atoms with Crippen molar-refractivity contribution < 1.29 is 14.3 Å². The molecule has 0 spiro atoms. The summed E-state index contributed by atoms with van der Waals surface area (Å²) in [5.74, 6) is 0.106. The van der Waals surface area contributed by atoms with Crippen molar-refractivity contribution in [3.8, 4) is 5.75 Å². The lowest BCUT2D eigenvalue weighted by molar-refractivity contribution is -0.128. The SMILES string of the molecule is CCCNC(=O)[C@H]1CN(C(=O)CCn2cnc3sc4c(c3c2=O)CCCC4)c2ccccc2O1. The Kier molecular flexibility index (Phi) is 6.36. The monoisotopic (exact) mass is 480 g/mol. The van der Waals surface area contributed by atoms with E-state index in [-0.39, 0.29) is 36.9 Å². The van der Waals surface area contributed by atoms with Crippen LogP contribution < -0.4 is 20.5 Å². The molecule has 8 nitrogen and oxygen atoms in total. The van der Waals surface area contributed by atoms with Gasteiger partial charge >= 0.3 is 0 Å². The highest BCUT2D eigenvalue weighted by atomic mass is 32.1. The largest absolute Gasteiger partial charge is 0.477 e. The molecule has 2 aromatic heterocycles. The normalized spacial score (nSPS) is 17.1. The van der Waals surface area contributed by atoms with Crippen molar-refractivity contribution in [1.29, 1.82) is 0 Å². The van der Waals surface area contributed by atoms with E-state index in [9.17, 15) is 14.4 Å². The molecule has 178 valence electrons. The summed E-state index contributed by atoms with van der Waals surface area (Å²) in [5.41, 5.74) is 1.71. The maximum atomic E-state index is 13.3. The number of amides is 2. The van der Waals surface area contributed by atoms with E-state index < -0.39 is 6.10 Å². The molecule has 2 aliphatic rings. The third kappa shape index (κ3) is 4.20. The Bertz CT molecular complexity index is 1300. The summed E-state index contributed by atoms with van der Waals surface area (Å²) in [5, 5.41) is 3.56. The van der Waals surface area contributed by atoms with Gasteiger partial charge in [-0.1, -0.05) is 19.1 Å². The molecule has 0 bridgehead atoms. The average molecular weight is 481 g/mol. The van der Waals surface area contributed by atoms with Gasteiger partial charge in [-0.3, -0.25) is 19.0 Å². The number of benzene rings is 1. The number of nitrogens with zero attached hydrogens (tertiary/aromatic N) is 3. The molecule has 1 aliphatic heterocycles. The number of anilines is 1. The first-order chi connectivity index (χ1) is 16.6. The van der Waals surface area contributed by atoms with Crippen LogP contribution in [-0.4, -0.2) is 40.6 Å². The van der Waals surface area contributed by atoms with Crippen molar-refractivity contribution >= 4 is 39.1 Å². The van der Waals surface area contributed by atoms with Crippen LogP contribution in [0.15, 0.2) is 35.4 Å². The topological polar surface area (TPSA) is 93.5 Å². The summed E-state index contributed by atoms with van der Waals surface area (Å²) in [4.78, 5) is 47.2. The molecule has 0 saturated carbocycles. The third-order valence-corrected chi connectivity index (χ3v) is 7.62. The summed E-state index contributed by atoms with van der Waals surface area (Å²) in [6.07, 6.45) is 5.89. The Balaban J connectivity index is 1.35. The maximum Gasteiger partial charge on any atom is 0.262 e. The number of carbonyl (C=O) groups excluding carboxylic acids is 2. The standard InChI is InChI=1S/C25H28N4O4S/c1-2-12-26-23(31)19-14-29(17-8-4-5-9-18(17)33-19)21(30)11-13-28-15-27-24-22(25(28)32)16-7-3-6-10-20(16)34-24/h4-5,8-9,15,19H,2-3,6-7,10-14H2,1H3,(H,26,31)/t19-/m1/s1. The molecule has 0 unspecified atom stereocenters. The van der Waals surface area contributed by atoms with Gasteiger partial charge in [-0.2, -0.15) is 0 Å². The van der Waals surface area contributed by atoms with Gasteiger partial charge in [-0.15, -0.1) is 11.3 Å². The molecule has 5 rings (SSSR count). The summed E-state index contributed by atoms with van der Waals surface area (Å²) < 4.78 is 7.42. The molecule has 1 atom stereocenters. The summed E-state index contributed by atoms with van der Waals surface area (Å²) >= 11 is 1.62. The Morgan fingerprint density at radius 3 is 2.91 bits per heavy atom. The first-order valence-electron chi connectivity index (χ1n) is 11.9. The second kappa shape index (κ2) is 9.58. The molecule has 1 aromatic carbocycles. The lowest BCUT2D eigenvalue weighted by Gasteiger charge is -2.34. The number of thiophene rings is 1. The number of fused-ring (bicyclic) bond motifs is 4. The van der Waals surface area contributed by atoms with Crippen LogP contribution in [0.4, 0.5) is 5.69 Å². The van der Waals surface area contributed by atoms with E-state index in [1.165, 1.54) is 4.88 Å². The van der Waals surface area contributed by atoms with Crippen LogP contribution in [0.1, 0.15) is 43.0 Å². The molecule has 2 amide bonds. The van der Waals surface area contributed by atoms with Gasteiger partial charge in [0.2, 0.25) is 5.91 Å². The third-order valence-electron chi connectivity index (χ3n) is 6.42. The zero-order valence-electron chi connectivity index (χ0n) is 19.2. The lowest BCUT2D eigenvalue weighted by atomic mass is 9.97. The molecule has 34 heavy (non-hydrogen) atoms. The summed E-state index contributed by atoms with van der Waals surface area (Å²) in [7, 11) is 0. The van der Waals surface area contributed by atoms with E-state index in [1.807, 2.05) is 25.1 Å². The highest BCUT2D eigenvalue weighted by Crippen LogP contribution is 2.34. The minimum absolute atomic E-state index is 0.0728. The average Bonchev–Trinajstić information content (AvgIpc) is 3.25. The van der Waals surface area contributed by atoms with Crippen molar-refractivity contribution in [3.05, 3.63) is 51.4 Å². The van der Waals surface area contributed by atoms with Crippen LogP contribution in [0.25, 0.3) is 10.2 Å².